The Bertz CT molecular complexity index is 835. The number of amides is 1. The lowest BCUT2D eigenvalue weighted by Gasteiger charge is -2.25. The molecule has 0 bridgehead atoms. The number of rotatable bonds is 6. The van der Waals surface area contributed by atoms with Crippen molar-refractivity contribution in [3.05, 3.63) is 40.9 Å². The third kappa shape index (κ3) is 4.19. The van der Waals surface area contributed by atoms with Crippen molar-refractivity contribution in [3.63, 3.8) is 0 Å². The van der Waals surface area contributed by atoms with Crippen LogP contribution in [0.2, 0.25) is 0 Å². The fraction of sp³-hybridized carbons (Fsp3) is 0.444. The summed E-state index contributed by atoms with van der Waals surface area (Å²) >= 11 is 0. The Hall–Kier alpha value is -2.68. The molecule has 0 aliphatic heterocycles. The number of nitriles is 1. The van der Waals surface area contributed by atoms with Gasteiger partial charge in [0.25, 0.3) is 5.56 Å². The molecule has 1 heterocycles. The fourth-order valence-corrected chi connectivity index (χ4v) is 2.80. The Morgan fingerprint density at radius 2 is 2.12 bits per heavy atom. The number of nitrogens with one attached hydrogen (secondary N) is 1. The highest BCUT2D eigenvalue weighted by atomic mass is 16.2. The highest BCUT2D eigenvalue weighted by Gasteiger charge is 2.26. The van der Waals surface area contributed by atoms with Crippen LogP contribution in [0.4, 0.5) is 0 Å². The predicted octanol–water partition coefficient (Wildman–Crippen LogP) is 2.23. The van der Waals surface area contributed by atoms with E-state index in [9.17, 15) is 14.9 Å². The number of hydrogen-bond acceptors (Lipinski definition) is 4. The molecule has 2 aromatic rings. The number of carbonyl (C=O) groups excluding carboxylic acids is 1. The predicted molar refractivity (Wildman–Crippen MR) is 92.2 cm³/mol. The summed E-state index contributed by atoms with van der Waals surface area (Å²) in [4.78, 5) is 28.7. The Balaban J connectivity index is 2.06. The fourth-order valence-electron chi connectivity index (χ4n) is 2.80. The van der Waals surface area contributed by atoms with Crippen LogP contribution in [0.5, 0.6) is 0 Å². The van der Waals surface area contributed by atoms with E-state index >= 15 is 0 Å². The van der Waals surface area contributed by atoms with Gasteiger partial charge in [0.05, 0.1) is 23.3 Å². The summed E-state index contributed by atoms with van der Waals surface area (Å²) in [7, 11) is 0. The van der Waals surface area contributed by atoms with Gasteiger partial charge in [0.15, 0.2) is 0 Å². The van der Waals surface area contributed by atoms with E-state index in [0.717, 1.165) is 0 Å². The SMILES string of the molecule is CC(C)CC(C)(C#N)NC(=O)CCn1cnc2ccccc2c1=O. The van der Waals surface area contributed by atoms with Crippen molar-refractivity contribution in [1.29, 1.82) is 5.26 Å². The molecule has 126 valence electrons. The molecular formula is C18H22N4O2. The van der Waals surface area contributed by atoms with E-state index in [2.05, 4.69) is 16.4 Å². The Morgan fingerprint density at radius 1 is 1.42 bits per heavy atom. The lowest BCUT2D eigenvalue weighted by Crippen LogP contribution is -2.46. The van der Waals surface area contributed by atoms with Crippen molar-refractivity contribution < 1.29 is 4.79 Å². The summed E-state index contributed by atoms with van der Waals surface area (Å²) in [5, 5.41) is 12.6. The van der Waals surface area contributed by atoms with Crippen molar-refractivity contribution in [3.8, 4) is 6.07 Å². The normalized spacial score (nSPS) is 13.5. The molecule has 2 rings (SSSR count). The first kappa shape index (κ1) is 17.7. The maximum Gasteiger partial charge on any atom is 0.261 e. The molecule has 0 aliphatic carbocycles. The number of benzene rings is 1. The zero-order valence-corrected chi connectivity index (χ0v) is 14.2. The van der Waals surface area contributed by atoms with E-state index in [4.69, 9.17) is 0 Å². The van der Waals surface area contributed by atoms with Gasteiger partial charge in [0.1, 0.15) is 5.54 Å². The first-order chi connectivity index (χ1) is 11.3. The Labute approximate surface area is 141 Å². The molecule has 0 saturated carbocycles. The summed E-state index contributed by atoms with van der Waals surface area (Å²) in [5.41, 5.74) is -0.423. The molecule has 0 aliphatic rings. The number of hydrogen-bond donors (Lipinski definition) is 1. The largest absolute Gasteiger partial charge is 0.338 e. The maximum absolute atomic E-state index is 12.4. The van der Waals surface area contributed by atoms with Gasteiger partial charge in [0, 0.05) is 13.0 Å². The molecule has 1 unspecified atom stereocenters. The number of aryl methyl sites for hydroxylation is 1. The molecule has 1 aromatic carbocycles. The zero-order valence-electron chi connectivity index (χ0n) is 14.2. The topological polar surface area (TPSA) is 87.8 Å². The van der Waals surface area contributed by atoms with Gasteiger partial charge in [-0.25, -0.2) is 4.98 Å². The van der Waals surface area contributed by atoms with Crippen LogP contribution in [-0.4, -0.2) is 21.0 Å². The lowest BCUT2D eigenvalue weighted by molar-refractivity contribution is -0.122. The van der Waals surface area contributed by atoms with E-state index in [0.29, 0.717) is 23.2 Å². The molecule has 6 heteroatoms. The van der Waals surface area contributed by atoms with Gasteiger partial charge in [-0.3, -0.25) is 14.2 Å². The van der Waals surface area contributed by atoms with Crippen LogP contribution in [0.15, 0.2) is 35.4 Å². The quantitative estimate of drug-likeness (QED) is 0.881. The third-order valence-electron chi connectivity index (χ3n) is 3.79. The highest BCUT2D eigenvalue weighted by Crippen LogP contribution is 2.15. The van der Waals surface area contributed by atoms with E-state index in [1.807, 2.05) is 19.9 Å². The van der Waals surface area contributed by atoms with E-state index in [-0.39, 0.29) is 24.4 Å². The van der Waals surface area contributed by atoms with Crippen molar-refractivity contribution in [2.45, 2.75) is 45.7 Å². The van der Waals surface area contributed by atoms with E-state index in [1.54, 1.807) is 25.1 Å². The minimum Gasteiger partial charge on any atom is -0.338 e. The summed E-state index contributed by atoms with van der Waals surface area (Å²) < 4.78 is 1.42. The molecule has 24 heavy (non-hydrogen) atoms. The molecule has 6 nitrogen and oxygen atoms in total. The van der Waals surface area contributed by atoms with Crippen LogP contribution < -0.4 is 10.9 Å². The number of fused-ring (bicyclic) bond motifs is 1. The summed E-state index contributed by atoms with van der Waals surface area (Å²) in [6.07, 6.45) is 2.15. The molecule has 0 spiro atoms. The van der Waals surface area contributed by atoms with Gasteiger partial charge in [-0.2, -0.15) is 5.26 Å². The third-order valence-corrected chi connectivity index (χ3v) is 3.79. The van der Waals surface area contributed by atoms with E-state index < -0.39 is 5.54 Å². The standard InChI is InChI=1S/C18H22N4O2/c1-13(2)10-18(3,11-19)21-16(23)8-9-22-12-20-15-7-5-4-6-14(15)17(22)24/h4-7,12-13H,8-10H2,1-3H3,(H,21,23). The van der Waals surface area contributed by atoms with Crippen molar-refractivity contribution >= 4 is 16.8 Å². The Morgan fingerprint density at radius 3 is 2.79 bits per heavy atom. The number of carbonyl (C=O) groups is 1. The molecule has 1 atom stereocenters. The zero-order chi connectivity index (χ0) is 17.7. The molecular weight excluding hydrogens is 304 g/mol. The smallest absolute Gasteiger partial charge is 0.261 e. The molecule has 1 amide bonds. The van der Waals surface area contributed by atoms with Crippen LogP contribution in [0.1, 0.15) is 33.6 Å². The second-order valence-corrected chi connectivity index (χ2v) is 6.60. The highest BCUT2D eigenvalue weighted by molar-refractivity contribution is 5.78. The summed E-state index contributed by atoms with van der Waals surface area (Å²) in [6, 6.07) is 9.26. The number of nitrogens with zero attached hydrogens (tertiary/aromatic N) is 3. The minimum absolute atomic E-state index is 0.120. The van der Waals surface area contributed by atoms with Crippen LogP contribution in [0.25, 0.3) is 10.9 Å². The van der Waals surface area contributed by atoms with Crippen molar-refractivity contribution in [2.75, 3.05) is 0 Å². The van der Waals surface area contributed by atoms with Gasteiger partial charge in [-0.1, -0.05) is 26.0 Å². The second kappa shape index (κ2) is 7.26. The van der Waals surface area contributed by atoms with Crippen LogP contribution in [0.3, 0.4) is 0 Å². The van der Waals surface area contributed by atoms with Crippen molar-refractivity contribution in [2.24, 2.45) is 5.92 Å². The second-order valence-electron chi connectivity index (χ2n) is 6.60. The van der Waals surface area contributed by atoms with Gasteiger partial charge >= 0.3 is 0 Å². The average Bonchev–Trinajstić information content (AvgIpc) is 2.53. The monoisotopic (exact) mass is 326 g/mol. The Kier molecular flexibility index (Phi) is 5.35. The van der Waals surface area contributed by atoms with Gasteiger partial charge in [0.2, 0.25) is 5.91 Å². The molecule has 0 fully saturated rings. The minimum atomic E-state index is -0.891. The average molecular weight is 326 g/mol. The molecule has 0 saturated heterocycles. The number of para-hydroxylation sites is 1. The summed E-state index contributed by atoms with van der Waals surface area (Å²) in [6.45, 7) is 5.95. The lowest BCUT2D eigenvalue weighted by atomic mass is 9.92. The number of aromatic nitrogens is 2. The molecule has 1 aromatic heterocycles. The first-order valence-electron chi connectivity index (χ1n) is 8.01. The van der Waals surface area contributed by atoms with Crippen LogP contribution in [0, 0.1) is 17.2 Å². The first-order valence-corrected chi connectivity index (χ1v) is 8.01. The van der Waals surface area contributed by atoms with E-state index in [1.165, 1.54) is 10.9 Å². The molecule has 1 N–H and O–H groups in total. The summed E-state index contributed by atoms with van der Waals surface area (Å²) in [5.74, 6) is 0.0435. The van der Waals surface area contributed by atoms with Crippen molar-refractivity contribution in [1.82, 2.24) is 14.9 Å². The maximum atomic E-state index is 12.4. The van der Waals surface area contributed by atoms with Gasteiger partial charge in [-0.15, -0.1) is 0 Å². The van der Waals surface area contributed by atoms with Gasteiger partial charge in [-0.05, 0) is 31.4 Å². The van der Waals surface area contributed by atoms with Crippen LogP contribution in [-0.2, 0) is 11.3 Å². The van der Waals surface area contributed by atoms with Gasteiger partial charge < -0.3 is 5.32 Å². The van der Waals surface area contributed by atoms with Crippen LogP contribution >= 0.6 is 0 Å². The molecule has 0 radical (unpaired) electrons.